The topological polar surface area (TPSA) is 96.0 Å². The molecule has 8 nitrogen and oxygen atoms in total. The van der Waals surface area contributed by atoms with Gasteiger partial charge < -0.3 is 24.3 Å². The van der Waals surface area contributed by atoms with Gasteiger partial charge in [-0.05, 0) is 43.7 Å². The molecule has 3 rings (SSSR count). The van der Waals surface area contributed by atoms with Gasteiger partial charge in [-0.15, -0.1) is 0 Å². The van der Waals surface area contributed by atoms with Crippen molar-refractivity contribution in [2.45, 2.75) is 19.9 Å². The van der Waals surface area contributed by atoms with Crippen LogP contribution in [-0.4, -0.2) is 36.9 Å². The van der Waals surface area contributed by atoms with Crippen molar-refractivity contribution in [3.8, 4) is 17.4 Å². The largest absolute Gasteiger partial charge is 0.477 e. The van der Waals surface area contributed by atoms with E-state index in [0.29, 0.717) is 18.1 Å². The highest BCUT2D eigenvalue weighted by molar-refractivity contribution is 5.93. The summed E-state index contributed by atoms with van der Waals surface area (Å²) in [5, 5.41) is 2.77. The van der Waals surface area contributed by atoms with Crippen LogP contribution in [0.25, 0.3) is 0 Å². The lowest BCUT2D eigenvalue weighted by molar-refractivity contribution is -0.124. The van der Waals surface area contributed by atoms with E-state index in [1.807, 2.05) is 19.1 Å². The van der Waals surface area contributed by atoms with Crippen molar-refractivity contribution in [1.82, 2.24) is 10.3 Å². The molecule has 1 aliphatic heterocycles. The highest BCUT2D eigenvalue weighted by atomic mass is 16.7. The third kappa shape index (κ3) is 4.46. The minimum Gasteiger partial charge on any atom is -0.477 e. The molecule has 0 aliphatic carbocycles. The molecule has 1 N–H and O–H groups in total. The molecule has 0 saturated carbocycles. The summed E-state index contributed by atoms with van der Waals surface area (Å²) in [6, 6.07) is 8.28. The predicted molar refractivity (Wildman–Crippen MR) is 94.8 cm³/mol. The summed E-state index contributed by atoms with van der Waals surface area (Å²) < 4.78 is 21.0. The smallest absolute Gasteiger partial charge is 0.344 e. The summed E-state index contributed by atoms with van der Waals surface area (Å²) in [5.41, 5.74) is 1.03. The molecular formula is C19H20N2O6. The third-order valence-corrected chi connectivity index (χ3v) is 3.88. The maximum absolute atomic E-state index is 12.2. The van der Waals surface area contributed by atoms with Crippen molar-refractivity contribution in [1.29, 1.82) is 0 Å². The van der Waals surface area contributed by atoms with E-state index in [1.165, 1.54) is 12.3 Å². The number of nitrogens with zero attached hydrogens (tertiary/aromatic N) is 1. The van der Waals surface area contributed by atoms with Gasteiger partial charge in [0.25, 0.3) is 5.91 Å². The third-order valence-electron chi connectivity index (χ3n) is 3.88. The number of amides is 1. The molecule has 1 aromatic carbocycles. The van der Waals surface area contributed by atoms with Gasteiger partial charge in [0, 0.05) is 6.20 Å². The Hall–Kier alpha value is -3.29. The van der Waals surface area contributed by atoms with Gasteiger partial charge in [0.1, 0.15) is 5.56 Å². The van der Waals surface area contributed by atoms with Gasteiger partial charge in [-0.3, -0.25) is 4.79 Å². The van der Waals surface area contributed by atoms with Crippen molar-refractivity contribution in [3.05, 3.63) is 47.7 Å². The number of carbonyl (C=O) groups excluding carboxylic acids is 2. The molecule has 8 heteroatoms. The van der Waals surface area contributed by atoms with E-state index in [9.17, 15) is 9.59 Å². The fourth-order valence-corrected chi connectivity index (χ4v) is 2.56. The number of ether oxygens (including phenoxy) is 4. The Labute approximate surface area is 156 Å². The molecule has 0 bridgehead atoms. The van der Waals surface area contributed by atoms with Crippen LogP contribution in [0.15, 0.2) is 36.5 Å². The van der Waals surface area contributed by atoms with Crippen LogP contribution >= 0.6 is 0 Å². The van der Waals surface area contributed by atoms with E-state index >= 15 is 0 Å². The monoisotopic (exact) mass is 372 g/mol. The van der Waals surface area contributed by atoms with E-state index in [4.69, 9.17) is 18.9 Å². The van der Waals surface area contributed by atoms with Crippen molar-refractivity contribution in [2.24, 2.45) is 0 Å². The lowest BCUT2D eigenvalue weighted by atomic mass is 10.1. The number of pyridine rings is 1. The molecule has 0 spiro atoms. The molecule has 0 fully saturated rings. The summed E-state index contributed by atoms with van der Waals surface area (Å²) in [5.74, 6) is 0.403. The lowest BCUT2D eigenvalue weighted by Gasteiger charge is -2.15. The second-order valence-corrected chi connectivity index (χ2v) is 5.77. The molecule has 1 amide bonds. The van der Waals surface area contributed by atoms with Gasteiger partial charge in [-0.2, -0.15) is 0 Å². The molecule has 142 valence electrons. The first kappa shape index (κ1) is 18.5. The molecule has 2 heterocycles. The van der Waals surface area contributed by atoms with Crippen LogP contribution in [-0.2, 0) is 9.53 Å². The molecule has 1 aromatic heterocycles. The number of hydrogen-bond donors (Lipinski definition) is 1. The molecule has 0 saturated heterocycles. The highest BCUT2D eigenvalue weighted by Gasteiger charge is 2.19. The minimum atomic E-state index is -0.669. The fourth-order valence-electron chi connectivity index (χ4n) is 2.56. The zero-order valence-corrected chi connectivity index (χ0v) is 15.1. The average molecular weight is 372 g/mol. The van der Waals surface area contributed by atoms with Crippen molar-refractivity contribution in [2.75, 3.05) is 20.0 Å². The lowest BCUT2D eigenvalue weighted by Crippen LogP contribution is -2.31. The molecular weight excluding hydrogens is 352 g/mol. The normalized spacial score (nSPS) is 13.0. The minimum absolute atomic E-state index is 0.177. The van der Waals surface area contributed by atoms with Gasteiger partial charge in [0.15, 0.2) is 18.1 Å². The van der Waals surface area contributed by atoms with E-state index in [2.05, 4.69) is 10.3 Å². The Kier molecular flexibility index (Phi) is 5.75. The van der Waals surface area contributed by atoms with Gasteiger partial charge in [-0.1, -0.05) is 6.07 Å². The Balaban J connectivity index is 1.54. The summed E-state index contributed by atoms with van der Waals surface area (Å²) in [6.45, 7) is 3.76. The molecule has 1 atom stereocenters. The Morgan fingerprint density at radius 1 is 1.26 bits per heavy atom. The second kappa shape index (κ2) is 8.39. The number of benzene rings is 1. The number of aromatic nitrogens is 1. The van der Waals surface area contributed by atoms with Crippen molar-refractivity contribution >= 4 is 11.9 Å². The molecule has 1 unspecified atom stereocenters. The maximum atomic E-state index is 12.2. The zero-order chi connectivity index (χ0) is 19.2. The summed E-state index contributed by atoms with van der Waals surface area (Å²) >= 11 is 0. The van der Waals surface area contributed by atoms with Crippen molar-refractivity contribution < 1.29 is 28.5 Å². The van der Waals surface area contributed by atoms with Crippen molar-refractivity contribution in [3.63, 3.8) is 0 Å². The Morgan fingerprint density at radius 2 is 2.07 bits per heavy atom. The van der Waals surface area contributed by atoms with E-state index in [0.717, 1.165) is 5.56 Å². The van der Waals surface area contributed by atoms with Crippen LogP contribution in [0, 0.1) is 0 Å². The number of rotatable bonds is 7. The van der Waals surface area contributed by atoms with Crippen LogP contribution in [0.1, 0.15) is 35.8 Å². The Bertz CT molecular complexity index is 839. The van der Waals surface area contributed by atoms with Crippen LogP contribution in [0.3, 0.4) is 0 Å². The first-order chi connectivity index (χ1) is 13.1. The number of fused-ring (bicyclic) bond motifs is 1. The highest BCUT2D eigenvalue weighted by Crippen LogP contribution is 2.34. The average Bonchev–Trinajstić information content (AvgIpc) is 3.14. The molecule has 27 heavy (non-hydrogen) atoms. The molecule has 2 aromatic rings. The van der Waals surface area contributed by atoms with E-state index < -0.39 is 18.5 Å². The maximum Gasteiger partial charge on any atom is 0.344 e. The SMILES string of the molecule is CCOc1ncccc1C(=O)OCC(=O)NC(C)c1ccc2c(c1)OCO2. The van der Waals surface area contributed by atoms with Gasteiger partial charge in [0.05, 0.1) is 12.6 Å². The number of hydrogen-bond acceptors (Lipinski definition) is 7. The van der Waals surface area contributed by atoms with Crippen LogP contribution in [0.5, 0.6) is 17.4 Å². The number of carbonyl (C=O) groups is 2. The second-order valence-electron chi connectivity index (χ2n) is 5.77. The first-order valence-corrected chi connectivity index (χ1v) is 8.52. The quantitative estimate of drug-likeness (QED) is 0.745. The summed E-state index contributed by atoms with van der Waals surface area (Å²) in [7, 11) is 0. The predicted octanol–water partition coefficient (Wildman–Crippen LogP) is 2.24. The number of esters is 1. The fraction of sp³-hybridized carbons (Fsp3) is 0.316. The van der Waals surface area contributed by atoms with Gasteiger partial charge >= 0.3 is 5.97 Å². The number of nitrogens with one attached hydrogen (secondary N) is 1. The first-order valence-electron chi connectivity index (χ1n) is 8.52. The standard InChI is InChI=1S/C19H20N2O6/c1-3-24-18-14(5-4-8-20-18)19(23)25-10-17(22)21-12(2)13-6-7-15-16(9-13)27-11-26-15/h4-9,12H,3,10-11H2,1-2H3,(H,21,22). The van der Waals surface area contributed by atoms with Gasteiger partial charge in [0.2, 0.25) is 12.7 Å². The van der Waals surface area contributed by atoms with Crippen LogP contribution in [0.2, 0.25) is 0 Å². The van der Waals surface area contributed by atoms with Crippen LogP contribution in [0.4, 0.5) is 0 Å². The molecule has 0 radical (unpaired) electrons. The van der Waals surface area contributed by atoms with E-state index in [1.54, 1.807) is 19.1 Å². The summed E-state index contributed by atoms with van der Waals surface area (Å²) in [6.07, 6.45) is 1.52. The summed E-state index contributed by atoms with van der Waals surface area (Å²) in [4.78, 5) is 28.3. The zero-order valence-electron chi connectivity index (χ0n) is 15.1. The van der Waals surface area contributed by atoms with Crippen LogP contribution < -0.4 is 19.5 Å². The molecule has 1 aliphatic rings. The Morgan fingerprint density at radius 3 is 2.89 bits per heavy atom. The van der Waals surface area contributed by atoms with E-state index in [-0.39, 0.29) is 24.3 Å². The van der Waals surface area contributed by atoms with Gasteiger partial charge in [-0.25, -0.2) is 9.78 Å².